The highest BCUT2D eigenvalue weighted by molar-refractivity contribution is 6.21. The van der Waals surface area contributed by atoms with Crippen molar-refractivity contribution >= 4 is 17.6 Å². The van der Waals surface area contributed by atoms with E-state index in [2.05, 4.69) is 0 Å². The Hall–Kier alpha value is -0.280. The summed E-state index contributed by atoms with van der Waals surface area (Å²) < 4.78 is 5.07. The van der Waals surface area contributed by atoms with Crippen LogP contribution in [-0.2, 0) is 9.53 Å². The molecular weight excluding hydrogens is 180 g/mol. The lowest BCUT2D eigenvalue weighted by Gasteiger charge is -2.27. The highest BCUT2D eigenvalue weighted by Gasteiger charge is 2.48. The standard InChI is InChI=1S/C8H11ClO3/c9-6-2-7-5(3-10)4(6)1-8(11)12-7/h4-7,10H,1-3H2/t4-,5?,6-,7-/m0/s1. The van der Waals surface area contributed by atoms with Crippen LogP contribution >= 0.6 is 11.6 Å². The van der Waals surface area contributed by atoms with Crippen molar-refractivity contribution in [3.05, 3.63) is 0 Å². The highest BCUT2D eigenvalue weighted by atomic mass is 35.5. The maximum Gasteiger partial charge on any atom is 0.306 e. The van der Waals surface area contributed by atoms with Gasteiger partial charge in [-0.3, -0.25) is 4.79 Å². The summed E-state index contributed by atoms with van der Waals surface area (Å²) in [6.07, 6.45) is 0.933. The molecule has 68 valence electrons. The zero-order chi connectivity index (χ0) is 8.72. The zero-order valence-electron chi connectivity index (χ0n) is 6.57. The molecule has 1 heterocycles. The maximum atomic E-state index is 11.0. The summed E-state index contributed by atoms with van der Waals surface area (Å²) >= 11 is 6.01. The van der Waals surface area contributed by atoms with Crippen molar-refractivity contribution < 1.29 is 14.6 Å². The molecule has 1 saturated heterocycles. The Labute approximate surface area is 75.7 Å². The van der Waals surface area contributed by atoms with Gasteiger partial charge in [-0.15, -0.1) is 11.6 Å². The van der Waals surface area contributed by atoms with Crippen molar-refractivity contribution in [2.24, 2.45) is 11.8 Å². The number of hydrogen-bond acceptors (Lipinski definition) is 3. The molecule has 0 radical (unpaired) electrons. The van der Waals surface area contributed by atoms with E-state index in [0.29, 0.717) is 12.8 Å². The van der Waals surface area contributed by atoms with E-state index in [0.717, 1.165) is 0 Å². The van der Waals surface area contributed by atoms with Crippen molar-refractivity contribution in [3.8, 4) is 0 Å². The molecule has 0 spiro atoms. The van der Waals surface area contributed by atoms with Crippen LogP contribution in [0.5, 0.6) is 0 Å². The molecule has 2 aliphatic rings. The van der Waals surface area contributed by atoms with Crippen molar-refractivity contribution in [1.29, 1.82) is 0 Å². The summed E-state index contributed by atoms with van der Waals surface area (Å²) in [4.78, 5) is 11.0. The number of ether oxygens (including phenoxy) is 1. The van der Waals surface area contributed by atoms with Crippen molar-refractivity contribution in [1.82, 2.24) is 0 Å². The number of alkyl halides is 1. The van der Waals surface area contributed by atoms with Crippen LogP contribution in [0.3, 0.4) is 0 Å². The lowest BCUT2D eigenvalue weighted by Crippen LogP contribution is -2.35. The lowest BCUT2D eigenvalue weighted by molar-refractivity contribution is -0.159. The van der Waals surface area contributed by atoms with Crippen LogP contribution in [0, 0.1) is 11.8 Å². The van der Waals surface area contributed by atoms with Crippen LogP contribution in [0.25, 0.3) is 0 Å². The molecule has 1 aliphatic carbocycles. The van der Waals surface area contributed by atoms with Gasteiger partial charge in [-0.2, -0.15) is 0 Å². The summed E-state index contributed by atoms with van der Waals surface area (Å²) in [6, 6.07) is 0. The van der Waals surface area contributed by atoms with Crippen LogP contribution in [0.4, 0.5) is 0 Å². The van der Waals surface area contributed by atoms with Gasteiger partial charge in [0.1, 0.15) is 6.10 Å². The molecule has 0 amide bonds. The monoisotopic (exact) mass is 190 g/mol. The quantitative estimate of drug-likeness (QED) is 0.485. The number of carbonyl (C=O) groups is 1. The highest BCUT2D eigenvalue weighted by Crippen LogP contribution is 2.43. The number of carbonyl (C=O) groups excluding carboxylic acids is 1. The normalized spacial score (nSPS) is 46.0. The van der Waals surface area contributed by atoms with Gasteiger partial charge < -0.3 is 9.84 Å². The molecule has 4 atom stereocenters. The predicted octanol–water partition coefficient (Wildman–Crippen LogP) is 0.538. The minimum absolute atomic E-state index is 0.00130. The largest absolute Gasteiger partial charge is 0.462 e. The SMILES string of the molecule is O=C1C[C@H]2C(CO)[C@H](C[C@@H]2Cl)O1. The van der Waals surface area contributed by atoms with E-state index in [9.17, 15) is 4.79 Å². The molecular formula is C8H11ClO3. The van der Waals surface area contributed by atoms with Gasteiger partial charge in [0.25, 0.3) is 0 Å². The third kappa shape index (κ3) is 1.12. The topological polar surface area (TPSA) is 46.5 Å². The van der Waals surface area contributed by atoms with E-state index in [-0.39, 0.29) is 35.9 Å². The fraction of sp³-hybridized carbons (Fsp3) is 0.875. The van der Waals surface area contributed by atoms with E-state index >= 15 is 0 Å². The van der Waals surface area contributed by atoms with Gasteiger partial charge in [0.05, 0.1) is 6.42 Å². The Morgan fingerprint density at radius 1 is 1.67 bits per heavy atom. The van der Waals surface area contributed by atoms with Gasteiger partial charge in [-0.1, -0.05) is 0 Å². The molecule has 1 saturated carbocycles. The summed E-state index contributed by atoms with van der Waals surface area (Å²) in [5.41, 5.74) is 0. The number of aliphatic hydroxyl groups excluding tert-OH is 1. The Morgan fingerprint density at radius 2 is 2.42 bits per heavy atom. The van der Waals surface area contributed by atoms with Gasteiger partial charge in [-0.25, -0.2) is 0 Å². The predicted molar refractivity (Wildman–Crippen MR) is 42.8 cm³/mol. The fourth-order valence-electron chi connectivity index (χ4n) is 2.19. The van der Waals surface area contributed by atoms with Crippen molar-refractivity contribution in [2.75, 3.05) is 6.61 Å². The minimum Gasteiger partial charge on any atom is -0.462 e. The lowest BCUT2D eigenvalue weighted by atomic mass is 9.90. The van der Waals surface area contributed by atoms with Crippen molar-refractivity contribution in [2.45, 2.75) is 24.3 Å². The third-order valence-corrected chi connectivity index (χ3v) is 3.35. The maximum absolute atomic E-state index is 11.0. The van der Waals surface area contributed by atoms with Gasteiger partial charge >= 0.3 is 5.97 Å². The van der Waals surface area contributed by atoms with Gasteiger partial charge in [-0.05, 0) is 5.92 Å². The molecule has 4 heteroatoms. The number of rotatable bonds is 1. The molecule has 3 nitrogen and oxygen atoms in total. The summed E-state index contributed by atoms with van der Waals surface area (Å²) in [5.74, 6) is 0.0333. The number of fused-ring (bicyclic) bond motifs is 2. The van der Waals surface area contributed by atoms with Crippen LogP contribution in [0.2, 0.25) is 0 Å². The number of aliphatic hydroxyl groups is 1. The fourth-order valence-corrected chi connectivity index (χ4v) is 2.64. The first-order valence-electron chi connectivity index (χ1n) is 4.16. The van der Waals surface area contributed by atoms with E-state index < -0.39 is 0 Å². The Morgan fingerprint density at radius 3 is 3.00 bits per heavy atom. The molecule has 0 aromatic heterocycles. The van der Waals surface area contributed by atoms with E-state index in [1.54, 1.807) is 0 Å². The molecule has 1 aliphatic heterocycles. The van der Waals surface area contributed by atoms with Crippen LogP contribution in [-0.4, -0.2) is 29.2 Å². The van der Waals surface area contributed by atoms with Gasteiger partial charge in [0.2, 0.25) is 0 Å². The first kappa shape index (κ1) is 8.32. The van der Waals surface area contributed by atoms with E-state index in [1.807, 2.05) is 0 Å². The number of hydrogen-bond donors (Lipinski definition) is 1. The van der Waals surface area contributed by atoms with Gasteiger partial charge in [0, 0.05) is 24.3 Å². The second kappa shape index (κ2) is 2.89. The number of esters is 1. The third-order valence-electron chi connectivity index (χ3n) is 2.85. The first-order chi connectivity index (χ1) is 5.72. The molecule has 2 rings (SSSR count). The Kier molecular flexibility index (Phi) is 2.00. The number of halogens is 1. The first-order valence-corrected chi connectivity index (χ1v) is 4.60. The Bertz CT molecular complexity index is 206. The summed E-state index contributed by atoms with van der Waals surface area (Å²) in [5, 5.41) is 9.02. The zero-order valence-corrected chi connectivity index (χ0v) is 7.33. The van der Waals surface area contributed by atoms with Gasteiger partial charge in [0.15, 0.2) is 0 Å². The molecule has 12 heavy (non-hydrogen) atoms. The van der Waals surface area contributed by atoms with Crippen LogP contribution in [0.1, 0.15) is 12.8 Å². The summed E-state index contributed by atoms with van der Waals surface area (Å²) in [7, 11) is 0. The smallest absolute Gasteiger partial charge is 0.306 e. The minimum atomic E-state index is -0.169. The molecule has 0 aromatic carbocycles. The van der Waals surface area contributed by atoms with Crippen LogP contribution in [0.15, 0.2) is 0 Å². The molecule has 2 bridgehead atoms. The second-order valence-electron chi connectivity index (χ2n) is 3.49. The summed E-state index contributed by atoms with van der Waals surface area (Å²) in [6.45, 7) is 0.0752. The van der Waals surface area contributed by atoms with Crippen molar-refractivity contribution in [3.63, 3.8) is 0 Å². The second-order valence-corrected chi connectivity index (χ2v) is 4.05. The molecule has 1 unspecified atom stereocenters. The average Bonchev–Trinajstić information content (AvgIpc) is 2.20. The molecule has 2 fully saturated rings. The van der Waals surface area contributed by atoms with E-state index in [4.69, 9.17) is 21.4 Å². The Balaban J connectivity index is 2.17. The van der Waals surface area contributed by atoms with Crippen LogP contribution < -0.4 is 0 Å². The average molecular weight is 191 g/mol. The molecule has 1 N–H and O–H groups in total. The van der Waals surface area contributed by atoms with E-state index in [1.165, 1.54) is 0 Å². The molecule has 0 aromatic rings.